The number of aromatic amines is 1. The number of nitrogens with one attached hydrogen (secondary N) is 1. The van der Waals surface area contributed by atoms with Crippen molar-refractivity contribution in [1.82, 2.24) is 4.98 Å². The lowest BCUT2D eigenvalue weighted by molar-refractivity contribution is 1.35. The Morgan fingerprint density at radius 1 is 0.600 bits per heavy atom. The van der Waals surface area contributed by atoms with E-state index in [0.29, 0.717) is 31.5 Å². The van der Waals surface area contributed by atoms with Gasteiger partial charge in [0.2, 0.25) is 0 Å². The Balaban J connectivity index is 1.79. The fourth-order valence-corrected chi connectivity index (χ4v) is 3.06. The summed E-state index contributed by atoms with van der Waals surface area (Å²) < 4.78 is 0. The SMILES string of the molecule is Clc1cccc(Cl)c1N=Cc1ccc(C=Nc2c(Cl)cccc2Cl)[nH]1. The molecule has 0 spiro atoms. The lowest BCUT2D eigenvalue weighted by atomic mass is 10.3. The number of nitrogens with zero attached hydrogens (tertiary/aromatic N) is 2. The average molecular weight is 411 g/mol. The topological polar surface area (TPSA) is 40.5 Å². The summed E-state index contributed by atoms with van der Waals surface area (Å²) in [5.41, 5.74) is 2.61. The van der Waals surface area contributed by atoms with Gasteiger partial charge in [0.25, 0.3) is 0 Å². The maximum Gasteiger partial charge on any atom is 0.100 e. The van der Waals surface area contributed by atoms with Crippen molar-refractivity contribution < 1.29 is 0 Å². The van der Waals surface area contributed by atoms with Gasteiger partial charge in [0, 0.05) is 0 Å². The highest BCUT2D eigenvalue weighted by atomic mass is 35.5. The molecule has 25 heavy (non-hydrogen) atoms. The molecule has 0 bridgehead atoms. The van der Waals surface area contributed by atoms with Crippen LogP contribution in [0.2, 0.25) is 20.1 Å². The third-order valence-electron chi connectivity index (χ3n) is 3.27. The molecule has 3 nitrogen and oxygen atoms in total. The summed E-state index contributed by atoms with van der Waals surface area (Å²) in [6.45, 7) is 0. The summed E-state index contributed by atoms with van der Waals surface area (Å²) >= 11 is 24.4. The largest absolute Gasteiger partial charge is 0.353 e. The number of hydrogen-bond donors (Lipinski definition) is 1. The first-order valence-corrected chi connectivity index (χ1v) is 8.71. The van der Waals surface area contributed by atoms with Crippen LogP contribution >= 0.6 is 46.4 Å². The zero-order valence-electron chi connectivity index (χ0n) is 12.7. The van der Waals surface area contributed by atoms with Crippen LogP contribution in [0.15, 0.2) is 58.5 Å². The van der Waals surface area contributed by atoms with Gasteiger partial charge in [-0.25, -0.2) is 0 Å². The molecule has 126 valence electrons. The van der Waals surface area contributed by atoms with Crippen molar-refractivity contribution in [2.75, 3.05) is 0 Å². The van der Waals surface area contributed by atoms with Crippen LogP contribution < -0.4 is 0 Å². The van der Waals surface area contributed by atoms with Gasteiger partial charge in [0.15, 0.2) is 0 Å². The van der Waals surface area contributed by atoms with E-state index in [1.165, 1.54) is 0 Å². The monoisotopic (exact) mass is 409 g/mol. The van der Waals surface area contributed by atoms with E-state index in [1.54, 1.807) is 48.8 Å². The molecule has 1 heterocycles. The summed E-state index contributed by atoms with van der Waals surface area (Å²) in [5, 5.41) is 1.96. The number of rotatable bonds is 4. The number of hydrogen-bond acceptors (Lipinski definition) is 2. The fourth-order valence-electron chi connectivity index (χ4n) is 2.07. The van der Waals surface area contributed by atoms with Crippen molar-refractivity contribution >= 4 is 70.2 Å². The average Bonchev–Trinajstić information content (AvgIpc) is 3.02. The summed E-state index contributed by atoms with van der Waals surface area (Å²) in [7, 11) is 0. The molecule has 0 atom stereocenters. The van der Waals surface area contributed by atoms with Crippen molar-refractivity contribution in [3.63, 3.8) is 0 Å². The minimum Gasteiger partial charge on any atom is -0.353 e. The second-order valence-electron chi connectivity index (χ2n) is 5.03. The summed E-state index contributed by atoms with van der Waals surface area (Å²) in [4.78, 5) is 11.8. The van der Waals surface area contributed by atoms with Crippen LogP contribution in [-0.2, 0) is 0 Å². The molecular weight excluding hydrogens is 400 g/mol. The molecule has 1 N–H and O–H groups in total. The standard InChI is InChI=1S/C18H11Cl4N3/c19-13-3-1-4-14(20)17(13)23-9-11-7-8-12(25-11)10-24-18-15(21)5-2-6-16(18)22/h1-10,25H. The number of halogens is 4. The van der Waals surface area contributed by atoms with Gasteiger partial charge < -0.3 is 4.98 Å². The minimum atomic E-state index is 0.491. The smallest absolute Gasteiger partial charge is 0.100 e. The first kappa shape index (κ1) is 18.0. The fraction of sp³-hybridized carbons (Fsp3) is 0. The molecule has 3 aromatic rings. The molecule has 0 amide bonds. The van der Waals surface area contributed by atoms with E-state index < -0.39 is 0 Å². The quantitative estimate of drug-likeness (QED) is 0.444. The van der Waals surface area contributed by atoms with Crippen molar-refractivity contribution in [2.24, 2.45) is 9.98 Å². The predicted molar refractivity (Wildman–Crippen MR) is 108 cm³/mol. The Hall–Kier alpha value is -1.78. The summed E-state index contributed by atoms with van der Waals surface area (Å²) in [6.07, 6.45) is 3.29. The molecule has 7 heteroatoms. The van der Waals surface area contributed by atoms with Gasteiger partial charge >= 0.3 is 0 Å². The molecule has 2 aromatic carbocycles. The van der Waals surface area contributed by atoms with E-state index in [4.69, 9.17) is 46.4 Å². The van der Waals surface area contributed by atoms with Crippen LogP contribution in [-0.4, -0.2) is 17.4 Å². The van der Waals surface area contributed by atoms with Gasteiger partial charge in [-0.2, -0.15) is 0 Å². The van der Waals surface area contributed by atoms with Crippen LogP contribution in [0.5, 0.6) is 0 Å². The Morgan fingerprint density at radius 3 is 1.32 bits per heavy atom. The Morgan fingerprint density at radius 2 is 0.960 bits per heavy atom. The number of aliphatic imine (C=N–C) groups is 2. The van der Waals surface area contributed by atoms with E-state index in [1.807, 2.05) is 12.1 Å². The number of benzene rings is 2. The molecule has 1 aromatic heterocycles. The molecule has 0 unspecified atom stereocenters. The lowest BCUT2D eigenvalue weighted by Gasteiger charge is -2.00. The molecular formula is C18H11Cl4N3. The number of H-pyrrole nitrogens is 1. The summed E-state index contributed by atoms with van der Waals surface area (Å²) in [5.74, 6) is 0. The number of aromatic nitrogens is 1. The van der Waals surface area contributed by atoms with E-state index in [2.05, 4.69) is 15.0 Å². The molecule has 0 aliphatic rings. The molecule has 0 saturated carbocycles. The second kappa shape index (κ2) is 8.07. The molecule has 0 aliphatic carbocycles. The normalized spacial score (nSPS) is 11.7. The van der Waals surface area contributed by atoms with Crippen molar-refractivity contribution in [1.29, 1.82) is 0 Å². The highest BCUT2D eigenvalue weighted by molar-refractivity contribution is 6.39. The van der Waals surface area contributed by atoms with Gasteiger partial charge in [-0.05, 0) is 36.4 Å². The van der Waals surface area contributed by atoms with E-state index in [0.717, 1.165) is 11.4 Å². The van der Waals surface area contributed by atoms with Gasteiger partial charge in [-0.3, -0.25) is 9.98 Å². The van der Waals surface area contributed by atoms with E-state index >= 15 is 0 Å². The molecule has 0 fully saturated rings. The van der Waals surface area contributed by atoms with Crippen LogP contribution in [0.3, 0.4) is 0 Å². The lowest BCUT2D eigenvalue weighted by Crippen LogP contribution is -1.85. The third kappa shape index (κ3) is 4.44. The third-order valence-corrected chi connectivity index (χ3v) is 4.49. The zero-order valence-corrected chi connectivity index (χ0v) is 15.7. The maximum atomic E-state index is 6.09. The molecule has 0 aliphatic heterocycles. The maximum absolute atomic E-state index is 6.09. The van der Waals surface area contributed by atoms with E-state index in [9.17, 15) is 0 Å². The highest BCUT2D eigenvalue weighted by Crippen LogP contribution is 2.33. The van der Waals surface area contributed by atoms with Crippen LogP contribution in [0.1, 0.15) is 11.4 Å². The predicted octanol–water partition coefficient (Wildman–Crippen LogP) is 7.13. The first-order valence-electron chi connectivity index (χ1n) is 7.20. The van der Waals surface area contributed by atoms with Crippen LogP contribution in [0.4, 0.5) is 11.4 Å². The van der Waals surface area contributed by atoms with E-state index in [-0.39, 0.29) is 0 Å². The van der Waals surface area contributed by atoms with Gasteiger partial charge in [0.05, 0.1) is 43.9 Å². The highest BCUT2D eigenvalue weighted by Gasteiger charge is 2.04. The zero-order chi connectivity index (χ0) is 17.8. The first-order chi connectivity index (χ1) is 12.0. The minimum absolute atomic E-state index is 0.491. The Bertz CT molecular complexity index is 844. The molecule has 3 rings (SSSR count). The van der Waals surface area contributed by atoms with Crippen molar-refractivity contribution in [3.05, 3.63) is 80.0 Å². The molecule has 0 saturated heterocycles. The van der Waals surface area contributed by atoms with Crippen molar-refractivity contribution in [2.45, 2.75) is 0 Å². The van der Waals surface area contributed by atoms with Crippen LogP contribution in [0.25, 0.3) is 0 Å². The molecule has 0 radical (unpaired) electrons. The van der Waals surface area contributed by atoms with Gasteiger partial charge in [-0.15, -0.1) is 0 Å². The summed E-state index contributed by atoms with van der Waals surface area (Å²) in [6, 6.07) is 14.2. The number of para-hydroxylation sites is 2. The van der Waals surface area contributed by atoms with Gasteiger partial charge in [0.1, 0.15) is 11.4 Å². The van der Waals surface area contributed by atoms with Crippen molar-refractivity contribution in [3.8, 4) is 0 Å². The Labute approximate surface area is 164 Å². The Kier molecular flexibility index (Phi) is 5.82. The van der Waals surface area contributed by atoms with Gasteiger partial charge in [-0.1, -0.05) is 58.5 Å². The van der Waals surface area contributed by atoms with Crippen LogP contribution in [0, 0.1) is 0 Å². The second-order valence-corrected chi connectivity index (χ2v) is 6.65.